The third-order valence-corrected chi connectivity index (χ3v) is 8.22. The van der Waals surface area contributed by atoms with Crippen molar-refractivity contribution in [1.29, 1.82) is 0 Å². The quantitative estimate of drug-likeness (QED) is 0.155. The lowest BCUT2D eigenvalue weighted by molar-refractivity contribution is -0.129. The predicted molar refractivity (Wildman–Crippen MR) is 169 cm³/mol. The van der Waals surface area contributed by atoms with Crippen LogP contribution in [0, 0.1) is 6.08 Å². The van der Waals surface area contributed by atoms with E-state index in [-0.39, 0.29) is 30.2 Å². The van der Waals surface area contributed by atoms with Crippen LogP contribution in [0.3, 0.4) is 0 Å². The number of nitrogens with zero attached hydrogens (tertiary/aromatic N) is 4. The smallest absolute Gasteiger partial charge is 0.312 e. The topological polar surface area (TPSA) is 118 Å². The first-order chi connectivity index (χ1) is 21.9. The lowest BCUT2D eigenvalue weighted by Crippen LogP contribution is -2.47. The van der Waals surface area contributed by atoms with Crippen molar-refractivity contribution >= 4 is 38.5 Å². The van der Waals surface area contributed by atoms with Crippen molar-refractivity contribution < 1.29 is 23.7 Å². The summed E-state index contributed by atoms with van der Waals surface area (Å²) in [7, 11) is 0. The molecule has 0 unspecified atom stereocenters. The van der Waals surface area contributed by atoms with Gasteiger partial charge in [0.05, 0.1) is 26.1 Å². The second-order valence-corrected chi connectivity index (χ2v) is 11.2. The van der Waals surface area contributed by atoms with Crippen LogP contribution in [0.4, 0.5) is 10.2 Å². The highest BCUT2D eigenvalue weighted by atomic mass is 19.1. The largest absolute Gasteiger partial charge is 0.386 e. The Bertz CT molecular complexity index is 2030. The monoisotopic (exact) mass is 605 g/mol. The second-order valence-electron chi connectivity index (χ2n) is 11.2. The van der Waals surface area contributed by atoms with E-state index in [0.717, 1.165) is 32.7 Å². The van der Waals surface area contributed by atoms with E-state index in [1.807, 2.05) is 67.6 Å². The van der Waals surface area contributed by atoms with Gasteiger partial charge in [0.1, 0.15) is 17.8 Å². The molecule has 6 aromatic rings. The predicted octanol–water partition coefficient (Wildman–Crippen LogP) is 5.86. The molecular weight excluding hydrogens is 573 g/mol. The Hall–Kier alpha value is -4.74. The number of fused-ring (bicyclic) bond motifs is 3. The van der Waals surface area contributed by atoms with E-state index in [0.29, 0.717) is 6.61 Å². The molecule has 228 valence electrons. The van der Waals surface area contributed by atoms with Crippen LogP contribution in [0.5, 0.6) is 0 Å². The molecule has 45 heavy (non-hydrogen) atoms. The minimum Gasteiger partial charge on any atom is -0.386 e. The van der Waals surface area contributed by atoms with Crippen LogP contribution in [0.15, 0.2) is 103 Å². The molecule has 0 bridgehead atoms. The summed E-state index contributed by atoms with van der Waals surface area (Å²) in [4.78, 5) is 11.7. The summed E-state index contributed by atoms with van der Waals surface area (Å²) in [5.41, 5.74) is 6.95. The van der Waals surface area contributed by atoms with Crippen molar-refractivity contribution in [3.05, 3.63) is 121 Å². The number of nitrogens with two attached hydrogens (primary N) is 1. The van der Waals surface area contributed by atoms with E-state index >= 15 is 0 Å². The average Bonchev–Trinajstić information content (AvgIpc) is 3.58. The normalized spacial score (nSPS) is 21.9. The average molecular weight is 606 g/mol. The lowest BCUT2D eigenvalue weighted by atomic mass is 9.94. The first-order valence-electron chi connectivity index (χ1n) is 14.7. The fourth-order valence-corrected chi connectivity index (χ4v) is 6.11. The van der Waals surface area contributed by atoms with Crippen molar-refractivity contribution in [1.82, 2.24) is 19.5 Å². The molecule has 1 fully saturated rings. The number of rotatable bonds is 9. The van der Waals surface area contributed by atoms with Crippen LogP contribution in [0.25, 0.3) is 32.7 Å². The van der Waals surface area contributed by atoms with E-state index in [1.54, 1.807) is 0 Å². The summed E-state index contributed by atoms with van der Waals surface area (Å²) in [5.74, 6) is -0.105. The van der Waals surface area contributed by atoms with Crippen LogP contribution in [0.2, 0.25) is 0 Å². The van der Waals surface area contributed by atoms with E-state index in [9.17, 15) is 9.50 Å². The number of ether oxygens (including phenoxy) is 3. The summed E-state index contributed by atoms with van der Waals surface area (Å²) >= 11 is 0. The van der Waals surface area contributed by atoms with E-state index < -0.39 is 30.1 Å². The maximum Gasteiger partial charge on any atom is 0.312 e. The molecule has 0 amide bonds. The Morgan fingerprint density at radius 1 is 0.933 bits per heavy atom. The van der Waals surface area contributed by atoms with E-state index in [2.05, 4.69) is 51.4 Å². The molecule has 2 aromatic heterocycles. The zero-order valence-corrected chi connectivity index (χ0v) is 24.6. The summed E-state index contributed by atoms with van der Waals surface area (Å²) in [5, 5.41) is 16.3. The molecule has 1 saturated heterocycles. The van der Waals surface area contributed by atoms with Gasteiger partial charge in [-0.05, 0) is 51.7 Å². The van der Waals surface area contributed by atoms with Crippen LogP contribution >= 0.6 is 0 Å². The number of aliphatic hydroxyl groups excluding tert-OH is 1. The zero-order valence-electron chi connectivity index (χ0n) is 24.6. The molecule has 1 aliphatic rings. The number of benzene rings is 4. The first kappa shape index (κ1) is 29.0. The molecule has 1 aliphatic heterocycles. The Morgan fingerprint density at radius 3 is 2.24 bits per heavy atom. The number of halogens is 1. The lowest BCUT2D eigenvalue weighted by Gasteiger charge is -2.31. The molecule has 9 nitrogen and oxygen atoms in total. The van der Waals surface area contributed by atoms with Gasteiger partial charge in [0.15, 0.2) is 23.2 Å². The number of hydrogen-bond donors (Lipinski definition) is 2. The molecule has 0 aliphatic carbocycles. The molecule has 4 atom stereocenters. The first-order valence-corrected chi connectivity index (χ1v) is 14.7. The van der Waals surface area contributed by atoms with Gasteiger partial charge in [0.2, 0.25) is 0 Å². The molecular formula is C35H32FN5O4. The van der Waals surface area contributed by atoms with Gasteiger partial charge in [0, 0.05) is 0 Å². The number of anilines is 1. The van der Waals surface area contributed by atoms with Gasteiger partial charge >= 0.3 is 6.08 Å². The number of allylic oxidation sites excluding steroid dienone is 1. The third-order valence-electron chi connectivity index (χ3n) is 8.22. The summed E-state index contributed by atoms with van der Waals surface area (Å²) in [6.45, 7) is 2.46. The molecule has 0 saturated carbocycles. The van der Waals surface area contributed by atoms with Crippen LogP contribution in [-0.2, 0) is 27.4 Å². The van der Waals surface area contributed by atoms with Gasteiger partial charge in [-0.25, -0.2) is 4.98 Å². The fourth-order valence-electron chi connectivity index (χ4n) is 6.11. The van der Waals surface area contributed by atoms with Gasteiger partial charge in [0.25, 0.3) is 0 Å². The fraction of sp³-hybridized carbons (Fsp3) is 0.229. The minimum absolute atomic E-state index is 0.0677. The Kier molecular flexibility index (Phi) is 7.72. The molecule has 7 rings (SSSR count). The highest BCUT2D eigenvalue weighted by molar-refractivity contribution is 5.84. The Morgan fingerprint density at radius 2 is 1.58 bits per heavy atom. The third kappa shape index (κ3) is 5.53. The maximum atomic E-state index is 14.2. The minimum atomic E-state index is -1.21. The summed E-state index contributed by atoms with van der Waals surface area (Å²) in [6.07, 6.45) is 0.969. The summed E-state index contributed by atoms with van der Waals surface area (Å²) in [6, 6.07) is 28.5. The second kappa shape index (κ2) is 12.0. The van der Waals surface area contributed by atoms with Gasteiger partial charge in [-0.3, -0.25) is 4.57 Å². The van der Waals surface area contributed by atoms with Crippen molar-refractivity contribution in [3.8, 4) is 0 Å². The number of aromatic nitrogens is 4. The number of nitrogen functional groups attached to an aromatic ring is 1. The Balaban J connectivity index is 1.20. The van der Waals surface area contributed by atoms with Gasteiger partial charge in [-0.2, -0.15) is 14.4 Å². The zero-order chi connectivity index (χ0) is 31.0. The van der Waals surface area contributed by atoms with Gasteiger partial charge < -0.3 is 25.1 Å². The standard InChI is InChI=1S/C35H32FN5O4/c1-2-15-35(20-43-18-22-11-13-24-7-3-5-9-26(24)16-22)30(44-19-23-12-14-25-8-4-6-10-27(25)17-23)29(42)33(45-35)41-21-38-28-31(37)39-34(36)40-32(28)41/h2-17,21,29-30,33,42H,18-20H2,1H3,(H2,37,39,40)/b15-2+/t29-,30+,33-,35-/m1/s1. The van der Waals surface area contributed by atoms with Crippen LogP contribution in [-0.4, -0.2) is 49.0 Å². The van der Waals surface area contributed by atoms with Gasteiger partial charge in [-0.15, -0.1) is 0 Å². The van der Waals surface area contributed by atoms with E-state index in [1.165, 1.54) is 10.9 Å². The molecule has 0 radical (unpaired) electrons. The number of hydrogen-bond acceptors (Lipinski definition) is 8. The Labute approximate surface area is 258 Å². The van der Waals surface area contributed by atoms with Crippen LogP contribution in [0.1, 0.15) is 24.3 Å². The van der Waals surface area contributed by atoms with E-state index in [4.69, 9.17) is 19.9 Å². The van der Waals surface area contributed by atoms with Gasteiger partial charge in [-0.1, -0.05) is 84.9 Å². The maximum absolute atomic E-state index is 14.2. The van der Waals surface area contributed by atoms with Crippen molar-refractivity contribution in [2.45, 2.75) is 44.2 Å². The molecule has 4 aromatic carbocycles. The van der Waals surface area contributed by atoms with Crippen LogP contribution < -0.4 is 5.73 Å². The highest BCUT2D eigenvalue weighted by Gasteiger charge is 2.55. The van der Waals surface area contributed by atoms with Crippen molar-refractivity contribution in [3.63, 3.8) is 0 Å². The summed E-state index contributed by atoms with van der Waals surface area (Å²) < 4.78 is 35.1. The molecule has 3 N–H and O–H groups in total. The highest BCUT2D eigenvalue weighted by Crippen LogP contribution is 2.42. The molecule has 10 heteroatoms. The van der Waals surface area contributed by atoms with Crippen molar-refractivity contribution in [2.75, 3.05) is 12.3 Å². The molecule has 3 heterocycles. The SMILES string of the molecule is C/C=C/[C@]1(COCc2ccc3ccccc3c2)O[C@@H](n2cnc3c(N)nc(F)nc32)[C@H](O)[C@@H]1OCc1ccc2ccccc2c1. The van der Waals surface area contributed by atoms with Crippen molar-refractivity contribution in [2.24, 2.45) is 0 Å². The number of imidazole rings is 1. The number of aliphatic hydroxyl groups is 1. The molecule has 0 spiro atoms.